The first-order valence-corrected chi connectivity index (χ1v) is 8.64. The Labute approximate surface area is 154 Å². The number of nitrogens with one attached hydrogen (secondary N) is 2. The van der Waals surface area contributed by atoms with E-state index in [2.05, 4.69) is 10.6 Å². The van der Waals surface area contributed by atoms with Gasteiger partial charge in [0, 0.05) is 13.0 Å². The summed E-state index contributed by atoms with van der Waals surface area (Å²) in [5.74, 6) is -0.645. The third kappa shape index (κ3) is 9.66. The molecule has 0 radical (unpaired) electrons. The first-order valence-electron chi connectivity index (χ1n) is 8.64. The molecule has 0 spiro atoms. The average Bonchev–Trinajstić information content (AvgIpc) is 2.56. The third-order valence-corrected chi connectivity index (χ3v) is 3.22. The number of carbonyl (C=O) groups is 3. The molecule has 0 bridgehead atoms. The van der Waals surface area contributed by atoms with Crippen LogP contribution < -0.4 is 10.6 Å². The summed E-state index contributed by atoms with van der Waals surface area (Å²) in [5, 5.41) is 5.13. The van der Waals surface area contributed by atoms with Gasteiger partial charge in [-0.25, -0.2) is 4.79 Å². The van der Waals surface area contributed by atoms with Gasteiger partial charge < -0.3 is 20.1 Å². The molecule has 0 saturated carbocycles. The fraction of sp³-hybridized carbons (Fsp3) is 0.526. The fourth-order valence-electron chi connectivity index (χ4n) is 2.00. The normalized spacial score (nSPS) is 12.0. The number of carbonyl (C=O) groups excluding carboxylic acids is 3. The lowest BCUT2D eigenvalue weighted by molar-refractivity contribution is -0.155. The monoisotopic (exact) mass is 364 g/mol. The molecule has 1 rings (SSSR count). The highest BCUT2D eigenvalue weighted by Crippen LogP contribution is 2.08. The maximum Gasteiger partial charge on any atom is 0.408 e. The quantitative estimate of drug-likeness (QED) is 0.546. The van der Waals surface area contributed by atoms with Crippen molar-refractivity contribution < 1.29 is 23.9 Å². The summed E-state index contributed by atoms with van der Waals surface area (Å²) in [6.45, 7) is 7.43. The molecule has 26 heavy (non-hydrogen) atoms. The summed E-state index contributed by atoms with van der Waals surface area (Å²) in [6, 6.07) is 8.52. The van der Waals surface area contributed by atoms with Gasteiger partial charge in [0.1, 0.15) is 18.2 Å². The molecule has 144 valence electrons. The molecule has 1 unspecified atom stereocenters. The summed E-state index contributed by atoms with van der Waals surface area (Å²) in [7, 11) is 0. The Morgan fingerprint density at radius 2 is 1.77 bits per heavy atom. The lowest BCUT2D eigenvalue weighted by Gasteiger charge is -2.19. The summed E-state index contributed by atoms with van der Waals surface area (Å²) in [5.41, 5.74) is 0.348. The van der Waals surface area contributed by atoms with E-state index in [9.17, 15) is 14.4 Å². The molecule has 1 aromatic carbocycles. The van der Waals surface area contributed by atoms with Gasteiger partial charge in [0.25, 0.3) is 0 Å². The molecule has 0 fully saturated rings. The number of esters is 1. The highest BCUT2D eigenvalue weighted by molar-refractivity contribution is 5.85. The zero-order valence-electron chi connectivity index (χ0n) is 15.8. The van der Waals surface area contributed by atoms with Crippen LogP contribution in [0.3, 0.4) is 0 Å². The van der Waals surface area contributed by atoms with Gasteiger partial charge in [-0.2, -0.15) is 0 Å². The zero-order valence-corrected chi connectivity index (χ0v) is 15.8. The average molecular weight is 364 g/mol. The Kier molecular flexibility index (Phi) is 8.61. The SMILES string of the molecule is CC(NC(=O)OCc1ccccc1)C(=O)NCCCC(=O)OC(C)(C)C. The van der Waals surface area contributed by atoms with Crippen molar-refractivity contribution in [3.63, 3.8) is 0 Å². The molecule has 1 aromatic rings. The van der Waals surface area contributed by atoms with E-state index in [-0.39, 0.29) is 24.9 Å². The van der Waals surface area contributed by atoms with Crippen LogP contribution in [-0.2, 0) is 25.7 Å². The molecule has 7 nitrogen and oxygen atoms in total. The maximum atomic E-state index is 11.9. The summed E-state index contributed by atoms with van der Waals surface area (Å²) in [6.07, 6.45) is 0.0230. The van der Waals surface area contributed by atoms with Crippen LogP contribution in [0.25, 0.3) is 0 Å². The van der Waals surface area contributed by atoms with Crippen LogP contribution in [0.5, 0.6) is 0 Å². The number of hydrogen-bond donors (Lipinski definition) is 2. The summed E-state index contributed by atoms with van der Waals surface area (Å²) >= 11 is 0. The van der Waals surface area contributed by atoms with Gasteiger partial charge >= 0.3 is 12.1 Å². The van der Waals surface area contributed by atoms with Crippen LogP contribution in [0.1, 0.15) is 46.1 Å². The van der Waals surface area contributed by atoms with Crippen LogP contribution in [0.4, 0.5) is 4.79 Å². The lowest BCUT2D eigenvalue weighted by Crippen LogP contribution is -2.45. The fourth-order valence-corrected chi connectivity index (χ4v) is 2.00. The Morgan fingerprint density at radius 1 is 1.12 bits per heavy atom. The molecule has 0 aromatic heterocycles. The van der Waals surface area contributed by atoms with Gasteiger partial charge in [0.2, 0.25) is 5.91 Å². The molecule has 0 aliphatic carbocycles. The second-order valence-corrected chi connectivity index (χ2v) is 6.91. The number of alkyl carbamates (subject to hydrolysis) is 1. The summed E-state index contributed by atoms with van der Waals surface area (Å²) in [4.78, 5) is 35.2. The topological polar surface area (TPSA) is 93.7 Å². The van der Waals surface area contributed by atoms with Crippen molar-refractivity contribution in [3.05, 3.63) is 35.9 Å². The number of hydrogen-bond acceptors (Lipinski definition) is 5. The van der Waals surface area contributed by atoms with Gasteiger partial charge in [-0.05, 0) is 39.7 Å². The van der Waals surface area contributed by atoms with Gasteiger partial charge in [0.05, 0.1) is 0 Å². The largest absolute Gasteiger partial charge is 0.460 e. The van der Waals surface area contributed by atoms with E-state index in [1.165, 1.54) is 0 Å². The van der Waals surface area contributed by atoms with Gasteiger partial charge in [-0.3, -0.25) is 9.59 Å². The van der Waals surface area contributed by atoms with Crippen molar-refractivity contribution in [1.29, 1.82) is 0 Å². The second-order valence-electron chi connectivity index (χ2n) is 6.91. The van der Waals surface area contributed by atoms with Crippen molar-refractivity contribution in [3.8, 4) is 0 Å². The molecular weight excluding hydrogens is 336 g/mol. The Morgan fingerprint density at radius 3 is 2.38 bits per heavy atom. The molecular formula is C19H28N2O5. The maximum absolute atomic E-state index is 11.9. The molecule has 7 heteroatoms. The van der Waals surface area contributed by atoms with E-state index >= 15 is 0 Å². The van der Waals surface area contributed by atoms with E-state index in [4.69, 9.17) is 9.47 Å². The Hall–Kier alpha value is -2.57. The number of ether oxygens (including phenoxy) is 2. The molecule has 0 aliphatic rings. The molecule has 1 atom stereocenters. The van der Waals surface area contributed by atoms with E-state index in [0.29, 0.717) is 13.0 Å². The predicted molar refractivity (Wildman–Crippen MR) is 97.3 cm³/mol. The minimum Gasteiger partial charge on any atom is -0.460 e. The third-order valence-electron chi connectivity index (χ3n) is 3.22. The van der Waals surface area contributed by atoms with E-state index in [1.54, 1.807) is 27.7 Å². The Bertz CT molecular complexity index is 596. The zero-order chi connectivity index (χ0) is 19.6. The molecule has 0 aliphatic heterocycles. The first kappa shape index (κ1) is 21.5. The van der Waals surface area contributed by atoms with E-state index in [0.717, 1.165) is 5.56 Å². The van der Waals surface area contributed by atoms with Crippen LogP contribution in [0.2, 0.25) is 0 Å². The highest BCUT2D eigenvalue weighted by atomic mass is 16.6. The van der Waals surface area contributed by atoms with E-state index in [1.807, 2.05) is 30.3 Å². The lowest BCUT2D eigenvalue weighted by atomic mass is 10.2. The molecule has 2 N–H and O–H groups in total. The van der Waals surface area contributed by atoms with Crippen LogP contribution in [0, 0.1) is 0 Å². The molecule has 2 amide bonds. The van der Waals surface area contributed by atoms with Gasteiger partial charge in [-0.15, -0.1) is 0 Å². The molecule has 0 heterocycles. The van der Waals surface area contributed by atoms with Crippen molar-refractivity contribution >= 4 is 18.0 Å². The predicted octanol–water partition coefficient (Wildman–Crippen LogP) is 2.54. The Balaban J connectivity index is 2.19. The standard InChI is InChI=1S/C19H28N2O5/c1-14(21-18(24)25-13-15-9-6-5-7-10-15)17(23)20-12-8-11-16(22)26-19(2,3)4/h5-7,9-10,14H,8,11-13H2,1-4H3,(H,20,23)(H,21,24). The number of rotatable bonds is 8. The smallest absolute Gasteiger partial charge is 0.408 e. The highest BCUT2D eigenvalue weighted by Gasteiger charge is 2.17. The van der Waals surface area contributed by atoms with Crippen molar-refractivity contribution in [1.82, 2.24) is 10.6 Å². The van der Waals surface area contributed by atoms with E-state index < -0.39 is 17.7 Å². The molecule has 0 saturated heterocycles. The minimum absolute atomic E-state index is 0.136. The van der Waals surface area contributed by atoms with Gasteiger partial charge in [-0.1, -0.05) is 30.3 Å². The van der Waals surface area contributed by atoms with Crippen molar-refractivity contribution in [2.75, 3.05) is 6.54 Å². The van der Waals surface area contributed by atoms with Crippen LogP contribution >= 0.6 is 0 Å². The minimum atomic E-state index is -0.736. The van der Waals surface area contributed by atoms with Crippen LogP contribution in [-0.4, -0.2) is 36.2 Å². The van der Waals surface area contributed by atoms with Crippen molar-refractivity contribution in [2.24, 2.45) is 0 Å². The van der Waals surface area contributed by atoms with Crippen molar-refractivity contribution in [2.45, 2.75) is 58.8 Å². The number of benzene rings is 1. The number of amides is 2. The van der Waals surface area contributed by atoms with Crippen LogP contribution in [0.15, 0.2) is 30.3 Å². The van der Waals surface area contributed by atoms with Gasteiger partial charge in [0.15, 0.2) is 0 Å². The summed E-state index contributed by atoms with van der Waals surface area (Å²) < 4.78 is 10.2. The second kappa shape index (κ2) is 10.4. The first-order chi connectivity index (χ1) is 12.2.